The minimum atomic E-state index is -3.44. The summed E-state index contributed by atoms with van der Waals surface area (Å²) < 4.78 is 49.2. The third-order valence-corrected chi connectivity index (χ3v) is 7.70. The lowest BCUT2D eigenvalue weighted by Gasteiger charge is -2.24. The fourth-order valence-electron chi connectivity index (χ4n) is 1.98. The molecule has 1 N–H and O–H groups in total. The lowest BCUT2D eigenvalue weighted by Crippen LogP contribution is -2.46. The third kappa shape index (κ3) is 3.13. The predicted molar refractivity (Wildman–Crippen MR) is 66.4 cm³/mol. The van der Waals surface area contributed by atoms with E-state index in [2.05, 4.69) is 4.72 Å². The van der Waals surface area contributed by atoms with Crippen LogP contribution in [-0.4, -0.2) is 45.0 Å². The van der Waals surface area contributed by atoms with Gasteiger partial charge in [-0.05, 0) is 25.7 Å². The maximum atomic E-state index is 12.0. The van der Waals surface area contributed by atoms with E-state index in [0.717, 1.165) is 12.8 Å². The highest BCUT2D eigenvalue weighted by atomic mass is 35.5. The molecule has 1 aliphatic carbocycles. The summed E-state index contributed by atoms with van der Waals surface area (Å²) in [5.41, 5.74) is -0.462. The van der Waals surface area contributed by atoms with Crippen molar-refractivity contribution in [2.45, 2.75) is 36.5 Å². The highest BCUT2D eigenvalue weighted by Crippen LogP contribution is 2.38. The summed E-state index contributed by atoms with van der Waals surface area (Å²) in [6.07, 6.45) is 1.91. The second kappa shape index (κ2) is 4.36. The van der Waals surface area contributed by atoms with Crippen molar-refractivity contribution in [2.75, 3.05) is 17.4 Å². The van der Waals surface area contributed by atoms with Gasteiger partial charge in [-0.25, -0.2) is 21.6 Å². The van der Waals surface area contributed by atoms with Crippen molar-refractivity contribution in [3.63, 3.8) is 0 Å². The fraction of sp³-hybridized carbons (Fsp3) is 1.00. The molecule has 1 saturated carbocycles. The van der Waals surface area contributed by atoms with Gasteiger partial charge in [0.05, 0.1) is 16.8 Å². The summed E-state index contributed by atoms with van der Waals surface area (Å²) in [6.45, 7) is 0. The Morgan fingerprint density at radius 1 is 1.24 bits per heavy atom. The van der Waals surface area contributed by atoms with Crippen LogP contribution in [0.4, 0.5) is 0 Å². The number of hydrogen-bond acceptors (Lipinski definition) is 4. The molecule has 2 fully saturated rings. The van der Waals surface area contributed by atoms with E-state index in [0.29, 0.717) is 0 Å². The van der Waals surface area contributed by atoms with E-state index >= 15 is 0 Å². The molecule has 0 unspecified atom stereocenters. The van der Waals surface area contributed by atoms with E-state index in [4.69, 9.17) is 11.6 Å². The molecule has 0 bridgehead atoms. The molecule has 0 spiro atoms. The predicted octanol–water partition coefficient (Wildman–Crippen LogP) is 0.254. The molecule has 8 heteroatoms. The molecule has 1 saturated heterocycles. The Balaban J connectivity index is 2.02. The van der Waals surface area contributed by atoms with Crippen LogP contribution >= 0.6 is 11.6 Å². The molecule has 0 atom stereocenters. The number of hydrogen-bond donors (Lipinski definition) is 1. The van der Waals surface area contributed by atoms with Gasteiger partial charge in [-0.1, -0.05) is 0 Å². The lowest BCUT2D eigenvalue weighted by molar-refractivity contribution is 0.528. The van der Waals surface area contributed by atoms with Crippen molar-refractivity contribution in [2.24, 2.45) is 0 Å². The zero-order valence-electron chi connectivity index (χ0n) is 9.35. The van der Waals surface area contributed by atoms with Gasteiger partial charge < -0.3 is 0 Å². The molecule has 0 aromatic heterocycles. The van der Waals surface area contributed by atoms with Gasteiger partial charge in [0.2, 0.25) is 10.0 Å². The lowest BCUT2D eigenvalue weighted by atomic mass is 10.2. The molecule has 100 valence electrons. The molecule has 17 heavy (non-hydrogen) atoms. The van der Waals surface area contributed by atoms with Crippen molar-refractivity contribution in [3.05, 3.63) is 0 Å². The maximum Gasteiger partial charge on any atom is 0.215 e. The molecule has 2 aliphatic rings. The van der Waals surface area contributed by atoms with Gasteiger partial charge >= 0.3 is 0 Å². The van der Waals surface area contributed by atoms with Crippen LogP contribution in [0.25, 0.3) is 0 Å². The smallest absolute Gasteiger partial charge is 0.215 e. The van der Waals surface area contributed by atoms with Gasteiger partial charge in [0.25, 0.3) is 0 Å². The first kappa shape index (κ1) is 13.6. The second-order valence-electron chi connectivity index (χ2n) is 4.91. The van der Waals surface area contributed by atoms with E-state index in [1.54, 1.807) is 0 Å². The van der Waals surface area contributed by atoms with Crippen LogP contribution in [0.15, 0.2) is 0 Å². The first-order valence-electron chi connectivity index (χ1n) is 5.58. The minimum Gasteiger partial charge on any atom is -0.229 e. The highest BCUT2D eigenvalue weighted by Gasteiger charge is 2.47. The van der Waals surface area contributed by atoms with Crippen LogP contribution in [0.1, 0.15) is 25.7 Å². The molecule has 0 aromatic carbocycles. The first-order chi connectivity index (χ1) is 7.79. The quantitative estimate of drug-likeness (QED) is 0.755. The van der Waals surface area contributed by atoms with Crippen molar-refractivity contribution in [1.82, 2.24) is 4.72 Å². The number of halogens is 1. The monoisotopic (exact) mass is 301 g/mol. The Morgan fingerprint density at radius 3 is 2.18 bits per heavy atom. The molecule has 2 rings (SSSR count). The zero-order chi connectivity index (χ0) is 12.7. The topological polar surface area (TPSA) is 80.3 Å². The molecule has 5 nitrogen and oxygen atoms in total. The Labute approximate surface area is 107 Å². The third-order valence-electron chi connectivity index (χ3n) is 3.41. The van der Waals surface area contributed by atoms with E-state index < -0.39 is 30.6 Å². The van der Waals surface area contributed by atoms with Crippen molar-refractivity contribution in [1.29, 1.82) is 0 Å². The van der Waals surface area contributed by atoms with Gasteiger partial charge in [-0.15, -0.1) is 11.6 Å². The fourth-order valence-corrected chi connectivity index (χ4v) is 6.08. The number of sulfone groups is 1. The molecule has 0 amide bonds. The summed E-state index contributed by atoms with van der Waals surface area (Å²) in [7, 11) is -6.47. The van der Waals surface area contributed by atoms with Crippen molar-refractivity contribution < 1.29 is 16.8 Å². The molecular weight excluding hydrogens is 286 g/mol. The Bertz CT molecular complexity index is 481. The summed E-state index contributed by atoms with van der Waals surface area (Å²) in [6, 6.07) is 0. The van der Waals surface area contributed by atoms with Crippen LogP contribution in [0, 0.1) is 0 Å². The van der Waals surface area contributed by atoms with Crippen LogP contribution < -0.4 is 4.72 Å². The standard InChI is InChI=1S/C9H16ClNO4S2/c10-7-9(3-4-9)11-17(14,15)8-1-5-16(12,13)6-2-8/h8,11H,1-7H2. The molecule has 0 aromatic rings. The van der Waals surface area contributed by atoms with Crippen molar-refractivity contribution in [3.8, 4) is 0 Å². The van der Waals surface area contributed by atoms with E-state index in [1.807, 2.05) is 0 Å². The van der Waals surface area contributed by atoms with Gasteiger partial charge in [-0.2, -0.15) is 0 Å². The Hall–Kier alpha value is 0.150. The molecular formula is C9H16ClNO4S2. The van der Waals surface area contributed by atoms with Gasteiger partial charge in [0.1, 0.15) is 9.84 Å². The van der Waals surface area contributed by atoms with Gasteiger partial charge in [-0.3, -0.25) is 0 Å². The largest absolute Gasteiger partial charge is 0.229 e. The van der Waals surface area contributed by atoms with Crippen LogP contribution in [0.3, 0.4) is 0 Å². The molecule has 0 radical (unpaired) electrons. The van der Waals surface area contributed by atoms with Gasteiger partial charge in [0.15, 0.2) is 0 Å². The second-order valence-corrected chi connectivity index (χ2v) is 9.44. The average molecular weight is 302 g/mol. The highest BCUT2D eigenvalue weighted by molar-refractivity contribution is 7.92. The molecule has 1 heterocycles. The number of nitrogens with one attached hydrogen (secondary N) is 1. The van der Waals surface area contributed by atoms with Gasteiger partial charge in [0, 0.05) is 11.4 Å². The van der Waals surface area contributed by atoms with Crippen LogP contribution in [-0.2, 0) is 19.9 Å². The minimum absolute atomic E-state index is 0.0353. The normalized spacial score (nSPS) is 27.8. The van der Waals surface area contributed by atoms with Crippen LogP contribution in [0.5, 0.6) is 0 Å². The SMILES string of the molecule is O=S1(=O)CCC(S(=O)(=O)NC2(CCl)CC2)CC1. The summed E-state index contributed by atoms with van der Waals surface area (Å²) in [5, 5.41) is -0.591. The Kier molecular flexibility index (Phi) is 3.48. The van der Waals surface area contributed by atoms with Crippen LogP contribution in [0.2, 0.25) is 0 Å². The zero-order valence-corrected chi connectivity index (χ0v) is 11.7. The Morgan fingerprint density at radius 2 is 1.76 bits per heavy atom. The summed E-state index contributed by atoms with van der Waals surface area (Å²) in [5.74, 6) is 0.205. The summed E-state index contributed by atoms with van der Waals surface area (Å²) >= 11 is 5.72. The number of rotatable bonds is 4. The van der Waals surface area contributed by atoms with E-state index in [9.17, 15) is 16.8 Å². The van der Waals surface area contributed by atoms with E-state index in [-0.39, 0.29) is 30.2 Å². The first-order valence-corrected chi connectivity index (χ1v) is 9.48. The maximum absolute atomic E-state index is 12.0. The molecule has 1 aliphatic heterocycles. The number of alkyl halides is 1. The summed E-state index contributed by atoms with van der Waals surface area (Å²) in [4.78, 5) is 0. The van der Waals surface area contributed by atoms with E-state index in [1.165, 1.54) is 0 Å². The number of sulfonamides is 1. The average Bonchev–Trinajstić information content (AvgIpc) is 2.97. The van der Waals surface area contributed by atoms with Crippen molar-refractivity contribution >= 4 is 31.5 Å².